The van der Waals surface area contributed by atoms with Crippen molar-refractivity contribution < 1.29 is 9.47 Å². The van der Waals surface area contributed by atoms with Gasteiger partial charge in [-0.2, -0.15) is 0 Å². The summed E-state index contributed by atoms with van der Waals surface area (Å²) in [6, 6.07) is 4.09. The smallest absolute Gasteiger partial charge is 0.126 e. The van der Waals surface area contributed by atoms with Crippen molar-refractivity contribution in [2.45, 2.75) is 59.1 Å². The monoisotopic (exact) mass is 294 g/mol. The highest BCUT2D eigenvalue weighted by atomic mass is 16.5. The van der Waals surface area contributed by atoms with E-state index in [9.17, 15) is 0 Å². The largest absolute Gasteiger partial charge is 0.496 e. The van der Waals surface area contributed by atoms with E-state index in [4.69, 9.17) is 15.3 Å². The highest BCUT2D eigenvalue weighted by molar-refractivity contribution is 5.47. The van der Waals surface area contributed by atoms with E-state index < -0.39 is 0 Å². The standard InChI is InChI=1S/C17H30N2O2/c1-7-17(8-2,21-9-3)16(19-18)14-11-10-12(4)13(5)15(14)20-6/h10-11,16,19H,7-9,18H2,1-6H3. The Labute approximate surface area is 129 Å². The number of hydrazine groups is 1. The minimum Gasteiger partial charge on any atom is -0.496 e. The van der Waals surface area contributed by atoms with E-state index in [-0.39, 0.29) is 11.6 Å². The molecule has 0 radical (unpaired) electrons. The molecule has 1 atom stereocenters. The van der Waals surface area contributed by atoms with Gasteiger partial charge in [0.25, 0.3) is 0 Å². The van der Waals surface area contributed by atoms with Gasteiger partial charge >= 0.3 is 0 Å². The molecule has 21 heavy (non-hydrogen) atoms. The molecule has 0 saturated carbocycles. The zero-order chi connectivity index (χ0) is 16.0. The van der Waals surface area contributed by atoms with Crippen molar-refractivity contribution in [1.29, 1.82) is 0 Å². The van der Waals surface area contributed by atoms with Crippen molar-refractivity contribution in [2.24, 2.45) is 5.84 Å². The number of hydrogen-bond donors (Lipinski definition) is 2. The normalized spacial score (nSPS) is 13.3. The third-order valence-electron chi connectivity index (χ3n) is 4.54. The number of aryl methyl sites for hydroxylation is 1. The second-order valence-corrected chi connectivity index (χ2v) is 5.43. The molecule has 0 spiro atoms. The summed E-state index contributed by atoms with van der Waals surface area (Å²) in [6.45, 7) is 11.1. The molecular formula is C17H30N2O2. The quantitative estimate of drug-likeness (QED) is 0.570. The number of methoxy groups -OCH3 is 1. The fourth-order valence-corrected chi connectivity index (χ4v) is 3.07. The van der Waals surface area contributed by atoms with Crippen LogP contribution in [-0.2, 0) is 4.74 Å². The van der Waals surface area contributed by atoms with Gasteiger partial charge in [-0.1, -0.05) is 26.0 Å². The molecule has 0 aliphatic carbocycles. The summed E-state index contributed by atoms with van der Waals surface area (Å²) in [7, 11) is 1.71. The molecule has 120 valence electrons. The maximum atomic E-state index is 6.11. The molecule has 0 aliphatic rings. The van der Waals surface area contributed by atoms with Crippen LogP contribution in [0.25, 0.3) is 0 Å². The number of hydrogen-bond acceptors (Lipinski definition) is 4. The Bertz CT molecular complexity index is 456. The molecule has 1 aromatic rings. The van der Waals surface area contributed by atoms with E-state index in [1.165, 1.54) is 5.56 Å². The number of nitrogens with one attached hydrogen (secondary N) is 1. The van der Waals surface area contributed by atoms with Gasteiger partial charge in [-0.05, 0) is 44.7 Å². The van der Waals surface area contributed by atoms with Crippen LogP contribution >= 0.6 is 0 Å². The SMILES string of the molecule is CCOC(CC)(CC)C(NN)c1ccc(C)c(C)c1OC. The molecular weight excluding hydrogens is 264 g/mol. The topological polar surface area (TPSA) is 56.5 Å². The summed E-state index contributed by atoms with van der Waals surface area (Å²) < 4.78 is 11.8. The number of ether oxygens (including phenoxy) is 2. The third kappa shape index (κ3) is 3.39. The maximum absolute atomic E-state index is 6.11. The van der Waals surface area contributed by atoms with Gasteiger partial charge in [0.1, 0.15) is 5.75 Å². The molecule has 0 aliphatic heterocycles. The van der Waals surface area contributed by atoms with Gasteiger partial charge in [-0.25, -0.2) is 5.43 Å². The van der Waals surface area contributed by atoms with Crippen LogP contribution in [0.2, 0.25) is 0 Å². The van der Waals surface area contributed by atoms with Crippen LogP contribution in [0.3, 0.4) is 0 Å². The van der Waals surface area contributed by atoms with Crippen LogP contribution in [-0.4, -0.2) is 19.3 Å². The van der Waals surface area contributed by atoms with Gasteiger partial charge in [0.15, 0.2) is 0 Å². The van der Waals surface area contributed by atoms with Gasteiger partial charge in [0.2, 0.25) is 0 Å². The van der Waals surface area contributed by atoms with Crippen LogP contribution in [0.1, 0.15) is 56.3 Å². The molecule has 0 amide bonds. The molecule has 1 aromatic carbocycles. The lowest BCUT2D eigenvalue weighted by atomic mass is 9.82. The highest BCUT2D eigenvalue weighted by Gasteiger charge is 2.38. The van der Waals surface area contributed by atoms with Gasteiger partial charge < -0.3 is 9.47 Å². The summed E-state index contributed by atoms with van der Waals surface area (Å²) in [5.41, 5.74) is 6.04. The molecule has 0 heterocycles. The molecule has 0 bridgehead atoms. The van der Waals surface area contributed by atoms with Crippen LogP contribution < -0.4 is 16.0 Å². The summed E-state index contributed by atoms with van der Waals surface area (Å²) in [6.07, 6.45) is 1.75. The molecule has 1 unspecified atom stereocenters. The maximum Gasteiger partial charge on any atom is 0.126 e. The second kappa shape index (κ2) is 7.78. The van der Waals surface area contributed by atoms with E-state index in [2.05, 4.69) is 45.3 Å². The second-order valence-electron chi connectivity index (χ2n) is 5.43. The van der Waals surface area contributed by atoms with Crippen LogP contribution in [0, 0.1) is 13.8 Å². The summed E-state index contributed by atoms with van der Waals surface area (Å²) in [5, 5.41) is 0. The molecule has 0 saturated heterocycles. The van der Waals surface area contributed by atoms with E-state index in [0.717, 1.165) is 29.7 Å². The zero-order valence-electron chi connectivity index (χ0n) is 14.2. The fraction of sp³-hybridized carbons (Fsp3) is 0.647. The number of rotatable bonds is 8. The van der Waals surface area contributed by atoms with Gasteiger partial charge in [-0.3, -0.25) is 5.84 Å². The Morgan fingerprint density at radius 2 is 1.81 bits per heavy atom. The minimum atomic E-state index is -0.335. The van der Waals surface area contributed by atoms with E-state index >= 15 is 0 Å². The van der Waals surface area contributed by atoms with Crippen LogP contribution in [0.5, 0.6) is 5.75 Å². The first-order chi connectivity index (χ1) is 10.0. The van der Waals surface area contributed by atoms with Gasteiger partial charge in [0.05, 0.1) is 18.8 Å². The third-order valence-corrected chi connectivity index (χ3v) is 4.54. The Morgan fingerprint density at radius 3 is 2.24 bits per heavy atom. The van der Waals surface area contributed by atoms with Gasteiger partial charge in [-0.15, -0.1) is 0 Å². The lowest BCUT2D eigenvalue weighted by Gasteiger charge is -2.40. The lowest BCUT2D eigenvalue weighted by Crippen LogP contribution is -2.48. The predicted molar refractivity (Wildman–Crippen MR) is 87.5 cm³/mol. The van der Waals surface area contributed by atoms with Crippen molar-refractivity contribution in [1.82, 2.24) is 5.43 Å². The van der Waals surface area contributed by atoms with Gasteiger partial charge in [0, 0.05) is 12.2 Å². The van der Waals surface area contributed by atoms with Crippen molar-refractivity contribution in [2.75, 3.05) is 13.7 Å². The first-order valence-electron chi connectivity index (χ1n) is 7.75. The molecule has 4 heteroatoms. The van der Waals surface area contributed by atoms with E-state index in [1.807, 2.05) is 6.92 Å². The highest BCUT2D eigenvalue weighted by Crippen LogP contribution is 2.40. The average molecular weight is 294 g/mol. The Balaban J connectivity index is 3.41. The summed E-state index contributed by atoms with van der Waals surface area (Å²) in [5.74, 6) is 6.79. The minimum absolute atomic E-state index is 0.110. The number of nitrogens with two attached hydrogens (primary N) is 1. The Morgan fingerprint density at radius 1 is 1.19 bits per heavy atom. The first kappa shape index (κ1) is 18.0. The van der Waals surface area contributed by atoms with Crippen molar-refractivity contribution in [3.63, 3.8) is 0 Å². The Kier molecular flexibility index (Phi) is 6.65. The average Bonchev–Trinajstić information content (AvgIpc) is 2.50. The number of benzene rings is 1. The van der Waals surface area contributed by atoms with E-state index in [0.29, 0.717) is 6.61 Å². The van der Waals surface area contributed by atoms with Crippen molar-refractivity contribution in [3.05, 3.63) is 28.8 Å². The van der Waals surface area contributed by atoms with E-state index in [1.54, 1.807) is 7.11 Å². The van der Waals surface area contributed by atoms with Crippen molar-refractivity contribution >= 4 is 0 Å². The molecule has 0 fully saturated rings. The van der Waals surface area contributed by atoms with Crippen molar-refractivity contribution in [3.8, 4) is 5.75 Å². The zero-order valence-corrected chi connectivity index (χ0v) is 14.2. The molecule has 3 N–H and O–H groups in total. The lowest BCUT2D eigenvalue weighted by molar-refractivity contribution is -0.0738. The summed E-state index contributed by atoms with van der Waals surface area (Å²) >= 11 is 0. The summed E-state index contributed by atoms with van der Waals surface area (Å²) in [4.78, 5) is 0. The molecule has 1 rings (SSSR count). The molecule has 0 aromatic heterocycles. The van der Waals surface area contributed by atoms with Crippen LogP contribution in [0.15, 0.2) is 12.1 Å². The van der Waals surface area contributed by atoms with Crippen LogP contribution in [0.4, 0.5) is 0 Å². The Hall–Kier alpha value is -1.10. The molecule has 4 nitrogen and oxygen atoms in total. The first-order valence-corrected chi connectivity index (χ1v) is 7.75. The fourth-order valence-electron chi connectivity index (χ4n) is 3.07. The predicted octanol–water partition coefficient (Wildman–Crippen LogP) is 3.41.